The van der Waals surface area contributed by atoms with Crippen molar-refractivity contribution in [3.05, 3.63) is 59.2 Å². The predicted molar refractivity (Wildman–Crippen MR) is 99.7 cm³/mol. The molecule has 0 saturated heterocycles. The van der Waals surface area contributed by atoms with Crippen LogP contribution in [0.15, 0.2) is 53.7 Å². The van der Waals surface area contributed by atoms with Crippen LogP contribution in [0.4, 0.5) is 5.69 Å². The van der Waals surface area contributed by atoms with Gasteiger partial charge in [0.1, 0.15) is 5.03 Å². The standard InChI is InChI=1S/C18H16ClN3OS/c1-11-7-8-14(19)9-16(11)21-17(23)12(2)24-18-15-6-4-3-5-13(15)10-20-22-18/h3-10,12H,1-2H3,(H,21,23)/t12-/m1/s1. The summed E-state index contributed by atoms with van der Waals surface area (Å²) in [6.07, 6.45) is 1.72. The number of carbonyl (C=O) groups is 1. The molecule has 0 bridgehead atoms. The normalized spacial score (nSPS) is 12.1. The molecule has 3 aromatic rings. The fourth-order valence-electron chi connectivity index (χ4n) is 2.27. The third-order valence-corrected chi connectivity index (χ3v) is 4.98. The minimum absolute atomic E-state index is 0.0971. The number of carbonyl (C=O) groups excluding carboxylic acids is 1. The number of thioether (sulfide) groups is 1. The molecule has 0 aliphatic heterocycles. The molecular weight excluding hydrogens is 342 g/mol. The van der Waals surface area contributed by atoms with E-state index in [4.69, 9.17) is 11.6 Å². The molecule has 0 saturated carbocycles. The van der Waals surface area contributed by atoms with Crippen molar-refractivity contribution in [1.29, 1.82) is 0 Å². The van der Waals surface area contributed by atoms with Gasteiger partial charge in [-0.15, -0.1) is 5.10 Å². The van der Waals surface area contributed by atoms with Crippen molar-refractivity contribution in [3.8, 4) is 0 Å². The highest BCUT2D eigenvalue weighted by Gasteiger charge is 2.18. The molecule has 1 N–H and O–H groups in total. The van der Waals surface area contributed by atoms with Crippen molar-refractivity contribution in [2.24, 2.45) is 0 Å². The zero-order valence-electron chi connectivity index (χ0n) is 13.3. The Balaban J connectivity index is 1.77. The van der Waals surface area contributed by atoms with Gasteiger partial charge in [-0.2, -0.15) is 5.10 Å². The summed E-state index contributed by atoms with van der Waals surface area (Å²) >= 11 is 7.39. The molecule has 0 unspecified atom stereocenters. The quantitative estimate of drug-likeness (QED) is 0.687. The number of hydrogen-bond donors (Lipinski definition) is 1. The minimum Gasteiger partial charge on any atom is -0.325 e. The molecular formula is C18H16ClN3OS. The van der Waals surface area contributed by atoms with Crippen LogP contribution >= 0.6 is 23.4 Å². The molecule has 1 amide bonds. The number of aryl methyl sites for hydroxylation is 1. The summed E-state index contributed by atoms with van der Waals surface area (Å²) in [4.78, 5) is 12.5. The highest BCUT2D eigenvalue weighted by Crippen LogP contribution is 2.29. The van der Waals surface area contributed by atoms with Crippen molar-refractivity contribution in [2.45, 2.75) is 24.1 Å². The van der Waals surface area contributed by atoms with E-state index in [0.717, 1.165) is 27.0 Å². The first kappa shape index (κ1) is 16.7. The lowest BCUT2D eigenvalue weighted by molar-refractivity contribution is -0.115. The number of anilines is 1. The van der Waals surface area contributed by atoms with Gasteiger partial charge in [-0.05, 0) is 31.5 Å². The molecule has 1 heterocycles. The molecule has 0 aliphatic carbocycles. The topological polar surface area (TPSA) is 54.9 Å². The first-order valence-electron chi connectivity index (χ1n) is 7.48. The van der Waals surface area contributed by atoms with E-state index in [1.807, 2.05) is 44.2 Å². The van der Waals surface area contributed by atoms with Crippen LogP contribution < -0.4 is 5.32 Å². The van der Waals surface area contributed by atoms with Crippen LogP contribution in [0, 0.1) is 6.92 Å². The van der Waals surface area contributed by atoms with E-state index in [9.17, 15) is 4.79 Å². The molecule has 0 aliphatic rings. The molecule has 2 aromatic carbocycles. The van der Waals surface area contributed by atoms with Gasteiger partial charge >= 0.3 is 0 Å². The number of amides is 1. The Kier molecular flexibility index (Phi) is 5.02. The van der Waals surface area contributed by atoms with E-state index < -0.39 is 0 Å². The van der Waals surface area contributed by atoms with Gasteiger partial charge in [0.05, 0.1) is 11.4 Å². The fourth-order valence-corrected chi connectivity index (χ4v) is 3.35. The summed E-state index contributed by atoms with van der Waals surface area (Å²) in [5, 5.41) is 14.2. The van der Waals surface area contributed by atoms with E-state index in [1.165, 1.54) is 11.8 Å². The first-order valence-corrected chi connectivity index (χ1v) is 8.74. The van der Waals surface area contributed by atoms with Gasteiger partial charge in [0.15, 0.2) is 0 Å². The Morgan fingerprint density at radius 2 is 2.04 bits per heavy atom. The Hall–Kier alpha value is -2.11. The molecule has 0 spiro atoms. The lowest BCUT2D eigenvalue weighted by Crippen LogP contribution is -2.23. The molecule has 0 fully saturated rings. The molecule has 24 heavy (non-hydrogen) atoms. The lowest BCUT2D eigenvalue weighted by Gasteiger charge is -2.14. The number of nitrogens with zero attached hydrogens (tertiary/aromatic N) is 2. The highest BCUT2D eigenvalue weighted by molar-refractivity contribution is 8.00. The highest BCUT2D eigenvalue weighted by atomic mass is 35.5. The van der Waals surface area contributed by atoms with E-state index in [0.29, 0.717) is 5.02 Å². The van der Waals surface area contributed by atoms with E-state index in [1.54, 1.807) is 18.3 Å². The summed E-state index contributed by atoms with van der Waals surface area (Å²) in [6, 6.07) is 13.3. The van der Waals surface area contributed by atoms with E-state index in [2.05, 4.69) is 15.5 Å². The average Bonchev–Trinajstić information content (AvgIpc) is 2.58. The molecule has 3 rings (SSSR count). The van der Waals surface area contributed by atoms with Gasteiger partial charge in [-0.3, -0.25) is 4.79 Å². The van der Waals surface area contributed by atoms with E-state index >= 15 is 0 Å². The second kappa shape index (κ2) is 7.20. The number of nitrogens with one attached hydrogen (secondary N) is 1. The number of benzene rings is 2. The minimum atomic E-state index is -0.316. The maximum atomic E-state index is 12.5. The molecule has 1 aromatic heterocycles. The average molecular weight is 358 g/mol. The number of fused-ring (bicyclic) bond motifs is 1. The Labute approximate surface area is 149 Å². The predicted octanol–water partition coefficient (Wildman–Crippen LogP) is 4.71. The molecule has 6 heteroatoms. The number of rotatable bonds is 4. The van der Waals surface area contributed by atoms with Crippen LogP contribution in [0.1, 0.15) is 12.5 Å². The summed E-state index contributed by atoms with van der Waals surface area (Å²) in [7, 11) is 0. The SMILES string of the molecule is Cc1ccc(Cl)cc1NC(=O)[C@@H](C)Sc1nncc2ccccc12. The van der Waals surface area contributed by atoms with Crippen molar-refractivity contribution in [2.75, 3.05) is 5.32 Å². The zero-order chi connectivity index (χ0) is 17.1. The Bertz CT molecular complexity index is 895. The van der Waals surface area contributed by atoms with Crippen LogP contribution in [0.2, 0.25) is 5.02 Å². The van der Waals surface area contributed by atoms with Gasteiger partial charge in [0, 0.05) is 21.5 Å². The second-order valence-electron chi connectivity index (χ2n) is 5.45. The molecule has 0 radical (unpaired) electrons. The van der Waals surface area contributed by atoms with Crippen LogP contribution in [0.25, 0.3) is 10.8 Å². The Morgan fingerprint density at radius 1 is 1.25 bits per heavy atom. The van der Waals surface area contributed by atoms with Crippen molar-refractivity contribution in [3.63, 3.8) is 0 Å². The second-order valence-corrected chi connectivity index (χ2v) is 7.21. The number of hydrogen-bond acceptors (Lipinski definition) is 4. The van der Waals surface area contributed by atoms with Crippen LogP contribution in [-0.2, 0) is 4.79 Å². The fraction of sp³-hybridized carbons (Fsp3) is 0.167. The van der Waals surface area contributed by atoms with Crippen molar-refractivity contribution in [1.82, 2.24) is 10.2 Å². The summed E-state index contributed by atoms with van der Waals surface area (Å²) in [6.45, 7) is 3.78. The van der Waals surface area contributed by atoms with Crippen LogP contribution in [0.5, 0.6) is 0 Å². The molecule has 122 valence electrons. The monoisotopic (exact) mass is 357 g/mol. The third-order valence-electron chi connectivity index (χ3n) is 3.65. The third kappa shape index (κ3) is 3.68. The summed E-state index contributed by atoms with van der Waals surface area (Å²) < 4.78 is 0. The van der Waals surface area contributed by atoms with Crippen molar-refractivity contribution >= 4 is 45.7 Å². The van der Waals surface area contributed by atoms with Gasteiger partial charge in [-0.1, -0.05) is 53.7 Å². The lowest BCUT2D eigenvalue weighted by atomic mass is 10.2. The van der Waals surface area contributed by atoms with Crippen LogP contribution in [-0.4, -0.2) is 21.4 Å². The maximum absolute atomic E-state index is 12.5. The van der Waals surface area contributed by atoms with Gasteiger partial charge in [0.25, 0.3) is 0 Å². The van der Waals surface area contributed by atoms with E-state index in [-0.39, 0.29) is 11.2 Å². The van der Waals surface area contributed by atoms with Gasteiger partial charge in [-0.25, -0.2) is 0 Å². The number of halogens is 1. The summed E-state index contributed by atoms with van der Waals surface area (Å²) in [5.74, 6) is -0.0971. The van der Waals surface area contributed by atoms with Crippen molar-refractivity contribution < 1.29 is 4.79 Å². The Morgan fingerprint density at radius 3 is 2.88 bits per heavy atom. The number of aromatic nitrogens is 2. The first-order chi connectivity index (χ1) is 11.5. The van der Waals surface area contributed by atoms with Gasteiger partial charge in [0.2, 0.25) is 5.91 Å². The van der Waals surface area contributed by atoms with Gasteiger partial charge < -0.3 is 5.32 Å². The zero-order valence-corrected chi connectivity index (χ0v) is 14.9. The largest absolute Gasteiger partial charge is 0.325 e. The van der Waals surface area contributed by atoms with Crippen LogP contribution in [0.3, 0.4) is 0 Å². The maximum Gasteiger partial charge on any atom is 0.237 e. The molecule has 4 nitrogen and oxygen atoms in total. The molecule has 1 atom stereocenters. The smallest absolute Gasteiger partial charge is 0.237 e. The summed E-state index contributed by atoms with van der Waals surface area (Å²) in [5.41, 5.74) is 1.69.